The van der Waals surface area contributed by atoms with Crippen molar-refractivity contribution >= 4 is 11.7 Å². The lowest BCUT2D eigenvalue weighted by molar-refractivity contribution is -0.115. The first-order chi connectivity index (χ1) is 10.3. The fourth-order valence-corrected chi connectivity index (χ4v) is 2.14. The zero-order valence-electron chi connectivity index (χ0n) is 13.9. The van der Waals surface area contributed by atoms with Crippen LogP contribution in [0.5, 0.6) is 0 Å². The molecule has 0 aliphatic carbocycles. The second-order valence-corrected chi connectivity index (χ2v) is 6.49. The number of aryl methyl sites for hydroxylation is 1. The van der Waals surface area contributed by atoms with E-state index in [4.69, 9.17) is 0 Å². The molecule has 0 aliphatic heterocycles. The predicted molar refractivity (Wildman–Crippen MR) is 89.6 cm³/mol. The van der Waals surface area contributed by atoms with Crippen LogP contribution >= 0.6 is 0 Å². The molecule has 2 rings (SSSR count). The number of amides is 1. The summed E-state index contributed by atoms with van der Waals surface area (Å²) in [4.78, 5) is 11.9. The molecule has 1 aromatic carbocycles. The van der Waals surface area contributed by atoms with Crippen LogP contribution in [0.25, 0.3) is 5.69 Å². The van der Waals surface area contributed by atoms with E-state index in [-0.39, 0.29) is 17.9 Å². The quantitative estimate of drug-likeness (QED) is 0.912. The Balaban J connectivity index is 2.46. The third-order valence-corrected chi connectivity index (χ3v) is 3.33. The van der Waals surface area contributed by atoms with E-state index >= 15 is 0 Å². The van der Waals surface area contributed by atoms with Gasteiger partial charge in [-0.25, -0.2) is 4.68 Å². The molecular formula is C17H24N4O. The van der Waals surface area contributed by atoms with Crippen LogP contribution in [-0.2, 0) is 10.2 Å². The van der Waals surface area contributed by atoms with Gasteiger partial charge >= 0.3 is 0 Å². The molecule has 0 spiro atoms. The molecule has 0 radical (unpaired) electrons. The summed E-state index contributed by atoms with van der Waals surface area (Å²) in [6, 6.07) is 10.0. The topological polar surface area (TPSA) is 59.0 Å². The molecule has 0 aliphatic rings. The molecule has 0 saturated carbocycles. The first-order valence-corrected chi connectivity index (χ1v) is 7.43. The number of carbonyl (C=O) groups excluding carboxylic acids is 1. The summed E-state index contributed by atoms with van der Waals surface area (Å²) in [7, 11) is 1.75. The van der Waals surface area contributed by atoms with Crippen molar-refractivity contribution in [2.45, 2.75) is 33.1 Å². The number of nitrogens with zero attached hydrogens (tertiary/aromatic N) is 2. The number of likely N-dealkylation sites (N-methyl/N-ethyl adjacent to an activating group) is 1. The third kappa shape index (κ3) is 3.74. The molecule has 2 aromatic rings. The van der Waals surface area contributed by atoms with Crippen LogP contribution in [0.4, 0.5) is 5.82 Å². The van der Waals surface area contributed by atoms with E-state index in [0.29, 0.717) is 5.82 Å². The zero-order valence-corrected chi connectivity index (χ0v) is 13.9. The van der Waals surface area contributed by atoms with Crippen LogP contribution in [0.1, 0.15) is 32.0 Å². The van der Waals surface area contributed by atoms with E-state index in [0.717, 1.165) is 16.9 Å². The lowest BCUT2D eigenvalue weighted by Gasteiger charge is -2.14. The van der Waals surface area contributed by atoms with Crippen molar-refractivity contribution in [2.24, 2.45) is 0 Å². The normalized spacial score (nSPS) is 11.5. The van der Waals surface area contributed by atoms with E-state index in [1.165, 1.54) is 0 Å². The molecule has 1 aromatic heterocycles. The summed E-state index contributed by atoms with van der Waals surface area (Å²) in [5.74, 6) is 0.604. The number of benzene rings is 1. The Hall–Kier alpha value is -2.14. The number of carbonyl (C=O) groups is 1. The van der Waals surface area contributed by atoms with Gasteiger partial charge in [-0.2, -0.15) is 5.10 Å². The summed E-state index contributed by atoms with van der Waals surface area (Å²) in [5.41, 5.74) is 2.94. The highest BCUT2D eigenvalue weighted by Gasteiger charge is 2.21. The van der Waals surface area contributed by atoms with Crippen molar-refractivity contribution in [1.82, 2.24) is 15.1 Å². The second kappa shape index (κ2) is 6.32. The standard InChI is InChI=1S/C17H24N4O/c1-12-7-6-8-13(9-12)21-15(19-16(22)11-18-5)10-14(20-21)17(2,3)4/h6-10,18H,11H2,1-5H3,(H,19,22). The molecule has 5 nitrogen and oxygen atoms in total. The van der Waals surface area contributed by atoms with Gasteiger partial charge in [0.05, 0.1) is 17.9 Å². The molecule has 0 atom stereocenters. The number of nitrogens with one attached hydrogen (secondary N) is 2. The minimum atomic E-state index is -0.0863. The summed E-state index contributed by atoms with van der Waals surface area (Å²) < 4.78 is 1.79. The maximum Gasteiger partial charge on any atom is 0.239 e. The van der Waals surface area contributed by atoms with Gasteiger partial charge in [0.25, 0.3) is 0 Å². The SMILES string of the molecule is CNCC(=O)Nc1cc(C(C)(C)C)nn1-c1cccc(C)c1. The van der Waals surface area contributed by atoms with Crippen molar-refractivity contribution in [3.63, 3.8) is 0 Å². The average molecular weight is 300 g/mol. The van der Waals surface area contributed by atoms with Gasteiger partial charge in [-0.1, -0.05) is 32.9 Å². The van der Waals surface area contributed by atoms with Gasteiger partial charge in [-0.15, -0.1) is 0 Å². The van der Waals surface area contributed by atoms with Crippen LogP contribution < -0.4 is 10.6 Å². The molecule has 22 heavy (non-hydrogen) atoms. The lowest BCUT2D eigenvalue weighted by Crippen LogP contribution is -2.26. The van der Waals surface area contributed by atoms with E-state index in [9.17, 15) is 4.79 Å². The largest absolute Gasteiger partial charge is 0.311 e. The van der Waals surface area contributed by atoms with Crippen LogP contribution in [0, 0.1) is 6.92 Å². The lowest BCUT2D eigenvalue weighted by atomic mass is 9.92. The minimum absolute atomic E-state index is 0.0858. The third-order valence-electron chi connectivity index (χ3n) is 3.33. The molecule has 0 saturated heterocycles. The van der Waals surface area contributed by atoms with Crippen LogP contribution in [0.2, 0.25) is 0 Å². The zero-order chi connectivity index (χ0) is 16.3. The number of rotatable bonds is 4. The fourth-order valence-electron chi connectivity index (χ4n) is 2.14. The van der Waals surface area contributed by atoms with Crippen LogP contribution in [0.3, 0.4) is 0 Å². The van der Waals surface area contributed by atoms with Crippen molar-refractivity contribution in [1.29, 1.82) is 0 Å². The smallest absolute Gasteiger partial charge is 0.239 e. The molecule has 1 heterocycles. The first-order valence-electron chi connectivity index (χ1n) is 7.43. The maximum atomic E-state index is 11.9. The minimum Gasteiger partial charge on any atom is -0.311 e. The van der Waals surface area contributed by atoms with E-state index < -0.39 is 0 Å². The van der Waals surface area contributed by atoms with Crippen molar-refractivity contribution < 1.29 is 4.79 Å². The number of anilines is 1. The Labute approximate surface area is 131 Å². The maximum absolute atomic E-state index is 11.9. The van der Waals surface area contributed by atoms with Gasteiger partial charge in [-0.3, -0.25) is 4.79 Å². The highest BCUT2D eigenvalue weighted by molar-refractivity contribution is 5.91. The second-order valence-electron chi connectivity index (χ2n) is 6.49. The Morgan fingerprint density at radius 3 is 2.59 bits per heavy atom. The van der Waals surface area contributed by atoms with Crippen molar-refractivity contribution in [3.8, 4) is 5.69 Å². The molecule has 0 fully saturated rings. The Morgan fingerprint density at radius 2 is 2.00 bits per heavy atom. The summed E-state index contributed by atoms with van der Waals surface area (Å²) >= 11 is 0. The molecule has 0 unspecified atom stereocenters. The van der Waals surface area contributed by atoms with Crippen LogP contribution in [-0.4, -0.2) is 29.3 Å². The molecule has 0 bridgehead atoms. The fraction of sp³-hybridized carbons (Fsp3) is 0.412. The Morgan fingerprint density at radius 1 is 1.27 bits per heavy atom. The van der Waals surface area contributed by atoms with Gasteiger partial charge in [0, 0.05) is 11.5 Å². The van der Waals surface area contributed by atoms with Gasteiger partial charge in [-0.05, 0) is 31.7 Å². The highest BCUT2D eigenvalue weighted by atomic mass is 16.2. The molecular weight excluding hydrogens is 276 g/mol. The molecule has 1 amide bonds. The molecule has 5 heteroatoms. The van der Waals surface area contributed by atoms with E-state index in [2.05, 4.69) is 36.5 Å². The summed E-state index contributed by atoms with van der Waals surface area (Å²) in [6.45, 7) is 8.63. The van der Waals surface area contributed by atoms with E-state index in [1.54, 1.807) is 11.7 Å². The first kappa shape index (κ1) is 16.2. The van der Waals surface area contributed by atoms with Crippen molar-refractivity contribution in [3.05, 3.63) is 41.6 Å². The summed E-state index contributed by atoms with van der Waals surface area (Å²) in [5, 5.41) is 10.5. The summed E-state index contributed by atoms with van der Waals surface area (Å²) in [6.07, 6.45) is 0. The highest BCUT2D eigenvalue weighted by Crippen LogP contribution is 2.26. The Kier molecular flexibility index (Phi) is 4.66. The number of hydrogen-bond donors (Lipinski definition) is 2. The number of aromatic nitrogens is 2. The molecule has 2 N–H and O–H groups in total. The van der Waals surface area contributed by atoms with Gasteiger partial charge in [0.1, 0.15) is 5.82 Å². The monoisotopic (exact) mass is 300 g/mol. The molecule has 118 valence electrons. The van der Waals surface area contributed by atoms with Gasteiger partial charge < -0.3 is 10.6 Å². The van der Waals surface area contributed by atoms with Gasteiger partial charge in [0.15, 0.2) is 0 Å². The van der Waals surface area contributed by atoms with Gasteiger partial charge in [0.2, 0.25) is 5.91 Å². The van der Waals surface area contributed by atoms with Crippen LogP contribution in [0.15, 0.2) is 30.3 Å². The predicted octanol–water partition coefficient (Wildman–Crippen LogP) is 2.64. The van der Waals surface area contributed by atoms with E-state index in [1.807, 2.05) is 37.3 Å². The number of hydrogen-bond acceptors (Lipinski definition) is 3. The Bertz CT molecular complexity index is 668. The van der Waals surface area contributed by atoms with Crippen molar-refractivity contribution in [2.75, 3.05) is 18.9 Å². The average Bonchev–Trinajstić information content (AvgIpc) is 2.82.